The molecule has 1 N–H and O–H groups in total. The molecule has 0 fully saturated rings. The van der Waals surface area contributed by atoms with E-state index >= 15 is 0 Å². The molecule has 0 amide bonds. The molecule has 1 rings (SSSR count). The van der Waals surface area contributed by atoms with Crippen LogP contribution < -0.4 is 11.2 Å². The fraction of sp³-hybridized carbons (Fsp3) is 0.556. The first-order chi connectivity index (χ1) is 6.56. The summed E-state index contributed by atoms with van der Waals surface area (Å²) in [4.78, 5) is 24.4. The summed E-state index contributed by atoms with van der Waals surface area (Å²) >= 11 is 0. The van der Waals surface area contributed by atoms with Gasteiger partial charge in [0.05, 0.1) is 12.1 Å². The number of hydrogen-bond donors (Lipinski definition) is 1. The average Bonchev–Trinajstić information content (AvgIpc) is 2.15. The van der Waals surface area contributed by atoms with Gasteiger partial charge in [-0.2, -0.15) is 0 Å². The third kappa shape index (κ3) is 2.11. The van der Waals surface area contributed by atoms with Gasteiger partial charge in [-0.1, -0.05) is 0 Å². The molecular formula is C9H14N2O3. The number of aromatic amines is 1. The SMILES string of the molecule is COC(C)C(C)n1ccc(=O)[nH]c1=O. The lowest BCUT2D eigenvalue weighted by Crippen LogP contribution is -2.34. The molecular weight excluding hydrogens is 184 g/mol. The standard InChI is InChI=1S/C9H14N2O3/c1-6(7(2)14-3)11-5-4-8(12)10-9(11)13/h4-7H,1-3H3,(H,10,12,13). The summed E-state index contributed by atoms with van der Waals surface area (Å²) in [6.07, 6.45) is 1.39. The maximum Gasteiger partial charge on any atom is 0.328 e. The van der Waals surface area contributed by atoms with Gasteiger partial charge >= 0.3 is 5.69 Å². The second-order valence-electron chi connectivity index (χ2n) is 3.20. The van der Waals surface area contributed by atoms with Gasteiger partial charge in [0.25, 0.3) is 5.56 Å². The van der Waals surface area contributed by atoms with E-state index in [0.717, 1.165) is 0 Å². The zero-order valence-corrected chi connectivity index (χ0v) is 8.48. The van der Waals surface area contributed by atoms with Crippen LogP contribution in [0.5, 0.6) is 0 Å². The topological polar surface area (TPSA) is 64.1 Å². The molecule has 78 valence electrons. The fourth-order valence-corrected chi connectivity index (χ4v) is 1.17. The van der Waals surface area contributed by atoms with Crippen LogP contribution in [0.3, 0.4) is 0 Å². The number of rotatable bonds is 3. The fourth-order valence-electron chi connectivity index (χ4n) is 1.17. The molecule has 0 aliphatic carbocycles. The lowest BCUT2D eigenvalue weighted by atomic mass is 10.2. The van der Waals surface area contributed by atoms with Gasteiger partial charge in [0.2, 0.25) is 0 Å². The van der Waals surface area contributed by atoms with Crippen molar-refractivity contribution >= 4 is 0 Å². The molecule has 0 saturated carbocycles. The quantitative estimate of drug-likeness (QED) is 0.751. The van der Waals surface area contributed by atoms with Crippen molar-refractivity contribution in [1.82, 2.24) is 9.55 Å². The van der Waals surface area contributed by atoms with E-state index < -0.39 is 5.69 Å². The first kappa shape index (κ1) is 10.7. The highest BCUT2D eigenvalue weighted by molar-refractivity contribution is 4.86. The Hall–Kier alpha value is -1.36. The van der Waals surface area contributed by atoms with Crippen molar-refractivity contribution in [3.05, 3.63) is 33.1 Å². The van der Waals surface area contributed by atoms with Crippen LogP contribution in [0.2, 0.25) is 0 Å². The predicted molar refractivity (Wildman–Crippen MR) is 52.5 cm³/mol. The van der Waals surface area contributed by atoms with Gasteiger partial charge in [-0.25, -0.2) is 4.79 Å². The molecule has 0 aromatic carbocycles. The number of H-pyrrole nitrogens is 1. The van der Waals surface area contributed by atoms with Crippen LogP contribution in [0, 0.1) is 0 Å². The minimum atomic E-state index is -0.408. The summed E-state index contributed by atoms with van der Waals surface area (Å²) in [5.74, 6) is 0. The molecule has 1 aromatic rings. The van der Waals surface area contributed by atoms with Gasteiger partial charge in [0.1, 0.15) is 0 Å². The van der Waals surface area contributed by atoms with Crippen LogP contribution in [0.1, 0.15) is 19.9 Å². The van der Waals surface area contributed by atoms with Crippen LogP contribution >= 0.6 is 0 Å². The van der Waals surface area contributed by atoms with Gasteiger partial charge in [-0.3, -0.25) is 14.3 Å². The van der Waals surface area contributed by atoms with E-state index in [1.165, 1.54) is 16.8 Å². The summed E-state index contributed by atoms with van der Waals surface area (Å²) < 4.78 is 6.54. The lowest BCUT2D eigenvalue weighted by Gasteiger charge is -2.20. The molecule has 0 radical (unpaired) electrons. The van der Waals surface area contributed by atoms with Crippen molar-refractivity contribution in [1.29, 1.82) is 0 Å². The number of nitrogens with one attached hydrogen (secondary N) is 1. The van der Waals surface area contributed by atoms with Crippen molar-refractivity contribution in [2.75, 3.05) is 7.11 Å². The van der Waals surface area contributed by atoms with Gasteiger partial charge < -0.3 is 4.74 Å². The van der Waals surface area contributed by atoms with Crippen LogP contribution in [0.4, 0.5) is 0 Å². The van der Waals surface area contributed by atoms with Crippen LogP contribution in [-0.2, 0) is 4.74 Å². The van der Waals surface area contributed by atoms with Crippen LogP contribution in [-0.4, -0.2) is 22.8 Å². The molecule has 0 bridgehead atoms. The molecule has 0 saturated heterocycles. The zero-order chi connectivity index (χ0) is 10.7. The molecule has 0 aliphatic heterocycles. The van der Waals surface area contributed by atoms with Crippen LogP contribution in [0.15, 0.2) is 21.9 Å². The van der Waals surface area contributed by atoms with Crippen molar-refractivity contribution in [3.8, 4) is 0 Å². The molecule has 2 atom stereocenters. The van der Waals surface area contributed by atoms with Gasteiger partial charge in [0, 0.05) is 19.4 Å². The maximum atomic E-state index is 11.4. The third-order valence-electron chi connectivity index (χ3n) is 2.34. The minimum absolute atomic E-state index is 0.0846. The smallest absolute Gasteiger partial charge is 0.328 e. The maximum absolute atomic E-state index is 11.4. The lowest BCUT2D eigenvalue weighted by molar-refractivity contribution is 0.0759. The van der Waals surface area contributed by atoms with E-state index in [1.54, 1.807) is 7.11 Å². The van der Waals surface area contributed by atoms with Gasteiger partial charge in [-0.05, 0) is 13.8 Å². The Balaban J connectivity index is 3.08. The molecule has 5 heteroatoms. The highest BCUT2D eigenvalue weighted by atomic mass is 16.5. The summed E-state index contributed by atoms with van der Waals surface area (Å²) in [7, 11) is 1.58. The minimum Gasteiger partial charge on any atom is -0.380 e. The number of ether oxygens (including phenoxy) is 1. The second-order valence-corrected chi connectivity index (χ2v) is 3.20. The van der Waals surface area contributed by atoms with Gasteiger partial charge in [0.15, 0.2) is 0 Å². The molecule has 2 unspecified atom stereocenters. The molecule has 1 aromatic heterocycles. The molecule has 14 heavy (non-hydrogen) atoms. The van der Waals surface area contributed by atoms with E-state index in [4.69, 9.17) is 4.74 Å². The van der Waals surface area contributed by atoms with Crippen molar-refractivity contribution in [2.45, 2.75) is 26.0 Å². The van der Waals surface area contributed by atoms with E-state index in [0.29, 0.717) is 0 Å². The van der Waals surface area contributed by atoms with E-state index in [2.05, 4.69) is 4.98 Å². The molecule has 5 nitrogen and oxygen atoms in total. The largest absolute Gasteiger partial charge is 0.380 e. The monoisotopic (exact) mass is 198 g/mol. The Morgan fingerprint density at radius 3 is 2.57 bits per heavy atom. The predicted octanol–water partition coefficient (Wildman–Crippen LogP) is 0.133. The Bertz CT molecular complexity index is 407. The van der Waals surface area contributed by atoms with E-state index in [-0.39, 0.29) is 17.7 Å². The summed E-state index contributed by atoms with van der Waals surface area (Å²) in [5, 5.41) is 0. The number of aromatic nitrogens is 2. The van der Waals surface area contributed by atoms with Crippen molar-refractivity contribution in [2.24, 2.45) is 0 Å². The summed E-state index contributed by atoms with van der Waals surface area (Å²) in [5.41, 5.74) is -0.794. The van der Waals surface area contributed by atoms with E-state index in [9.17, 15) is 9.59 Å². The zero-order valence-electron chi connectivity index (χ0n) is 8.48. The second kappa shape index (κ2) is 4.23. The summed E-state index contributed by atoms with van der Waals surface area (Å²) in [6, 6.07) is 1.21. The highest BCUT2D eigenvalue weighted by Crippen LogP contribution is 2.09. The number of nitrogens with zero attached hydrogens (tertiary/aromatic N) is 1. The highest BCUT2D eigenvalue weighted by Gasteiger charge is 2.13. The molecule has 0 spiro atoms. The number of methoxy groups -OCH3 is 1. The molecule has 1 heterocycles. The van der Waals surface area contributed by atoms with E-state index in [1.807, 2.05) is 13.8 Å². The van der Waals surface area contributed by atoms with Crippen LogP contribution in [0.25, 0.3) is 0 Å². The van der Waals surface area contributed by atoms with Crippen molar-refractivity contribution in [3.63, 3.8) is 0 Å². The van der Waals surface area contributed by atoms with Gasteiger partial charge in [-0.15, -0.1) is 0 Å². The first-order valence-electron chi connectivity index (χ1n) is 4.40. The first-order valence-corrected chi connectivity index (χ1v) is 4.40. The Labute approximate surface area is 81.3 Å². The number of hydrogen-bond acceptors (Lipinski definition) is 3. The summed E-state index contributed by atoms with van der Waals surface area (Å²) in [6.45, 7) is 3.72. The Morgan fingerprint density at radius 2 is 2.07 bits per heavy atom. The Kier molecular flexibility index (Phi) is 3.24. The van der Waals surface area contributed by atoms with Crippen molar-refractivity contribution < 1.29 is 4.74 Å². The Morgan fingerprint density at radius 1 is 1.43 bits per heavy atom. The third-order valence-corrected chi connectivity index (χ3v) is 2.34. The molecule has 0 aliphatic rings. The normalized spacial score (nSPS) is 15.1. The average molecular weight is 198 g/mol.